The van der Waals surface area contributed by atoms with Crippen molar-refractivity contribution >= 4 is 23.5 Å². The minimum Gasteiger partial charge on any atom is -0.481 e. The van der Waals surface area contributed by atoms with E-state index in [4.69, 9.17) is 16.7 Å². The number of amides is 1. The number of halogens is 1. The average Bonchev–Trinajstić information content (AvgIpc) is 2.25. The standard InChI is InChI=1S/C11H12ClNO3/c1-13(7-6-10(14)15)11(16)8-4-2-3-5-9(8)12/h2-5H,6-7H2,1H3,(H,14,15). The Morgan fingerprint density at radius 3 is 2.56 bits per heavy atom. The Morgan fingerprint density at radius 2 is 2.00 bits per heavy atom. The van der Waals surface area contributed by atoms with Crippen molar-refractivity contribution in [2.75, 3.05) is 13.6 Å². The monoisotopic (exact) mass is 241 g/mol. The van der Waals surface area contributed by atoms with Gasteiger partial charge in [-0.05, 0) is 12.1 Å². The molecular weight excluding hydrogens is 230 g/mol. The third-order valence-corrected chi connectivity index (χ3v) is 2.44. The molecule has 1 N–H and O–H groups in total. The molecule has 0 fully saturated rings. The number of hydrogen-bond donors (Lipinski definition) is 1. The molecule has 4 nitrogen and oxygen atoms in total. The largest absolute Gasteiger partial charge is 0.481 e. The van der Waals surface area contributed by atoms with E-state index in [0.29, 0.717) is 10.6 Å². The molecule has 16 heavy (non-hydrogen) atoms. The number of aliphatic carboxylic acids is 1. The second-order valence-electron chi connectivity index (χ2n) is 3.35. The van der Waals surface area contributed by atoms with Gasteiger partial charge in [-0.1, -0.05) is 23.7 Å². The van der Waals surface area contributed by atoms with Gasteiger partial charge in [-0.15, -0.1) is 0 Å². The maximum absolute atomic E-state index is 11.8. The van der Waals surface area contributed by atoms with E-state index in [1.54, 1.807) is 31.3 Å². The number of rotatable bonds is 4. The second kappa shape index (κ2) is 5.51. The first-order chi connectivity index (χ1) is 7.52. The summed E-state index contributed by atoms with van der Waals surface area (Å²) >= 11 is 5.86. The van der Waals surface area contributed by atoms with Gasteiger partial charge >= 0.3 is 5.97 Å². The molecule has 0 saturated heterocycles. The molecule has 86 valence electrons. The van der Waals surface area contributed by atoms with Crippen LogP contribution in [0.25, 0.3) is 0 Å². The molecule has 0 radical (unpaired) electrons. The van der Waals surface area contributed by atoms with Gasteiger partial charge in [0.25, 0.3) is 5.91 Å². The quantitative estimate of drug-likeness (QED) is 0.876. The number of nitrogens with zero attached hydrogens (tertiary/aromatic N) is 1. The predicted molar refractivity (Wildman–Crippen MR) is 60.7 cm³/mol. The summed E-state index contributed by atoms with van der Waals surface area (Å²) in [7, 11) is 1.55. The summed E-state index contributed by atoms with van der Waals surface area (Å²) in [5.74, 6) is -1.20. The van der Waals surface area contributed by atoms with Gasteiger partial charge in [0.05, 0.1) is 17.0 Å². The van der Waals surface area contributed by atoms with Gasteiger partial charge in [-0.3, -0.25) is 9.59 Å². The molecule has 5 heteroatoms. The lowest BCUT2D eigenvalue weighted by atomic mass is 10.2. The molecule has 0 bridgehead atoms. The van der Waals surface area contributed by atoms with Crippen LogP contribution in [-0.2, 0) is 4.79 Å². The van der Waals surface area contributed by atoms with Crippen molar-refractivity contribution in [2.45, 2.75) is 6.42 Å². The van der Waals surface area contributed by atoms with Crippen LogP contribution in [0.15, 0.2) is 24.3 Å². The molecule has 0 aliphatic rings. The summed E-state index contributed by atoms with van der Waals surface area (Å²) in [6.45, 7) is 0.166. The van der Waals surface area contributed by atoms with Crippen LogP contribution in [0.4, 0.5) is 0 Å². The summed E-state index contributed by atoms with van der Waals surface area (Å²) in [6.07, 6.45) is -0.0767. The van der Waals surface area contributed by atoms with Crippen LogP contribution in [-0.4, -0.2) is 35.5 Å². The fourth-order valence-corrected chi connectivity index (χ4v) is 1.42. The molecule has 0 saturated carbocycles. The van der Waals surface area contributed by atoms with Gasteiger partial charge in [0, 0.05) is 13.6 Å². The average molecular weight is 242 g/mol. The summed E-state index contributed by atoms with van der Waals surface area (Å²) in [6, 6.07) is 6.68. The fraction of sp³-hybridized carbons (Fsp3) is 0.273. The van der Waals surface area contributed by atoms with Crippen LogP contribution in [0.1, 0.15) is 16.8 Å². The molecule has 0 aliphatic carbocycles. The normalized spacial score (nSPS) is 9.88. The topological polar surface area (TPSA) is 57.6 Å². The first-order valence-electron chi connectivity index (χ1n) is 4.74. The van der Waals surface area contributed by atoms with Crippen LogP contribution in [0.2, 0.25) is 5.02 Å². The zero-order chi connectivity index (χ0) is 12.1. The van der Waals surface area contributed by atoms with E-state index in [1.165, 1.54) is 4.90 Å². The van der Waals surface area contributed by atoms with Crippen molar-refractivity contribution in [3.63, 3.8) is 0 Å². The van der Waals surface area contributed by atoms with Gasteiger partial charge in [0.15, 0.2) is 0 Å². The maximum atomic E-state index is 11.8. The van der Waals surface area contributed by atoms with Crippen LogP contribution in [0, 0.1) is 0 Å². The van der Waals surface area contributed by atoms with E-state index in [0.717, 1.165) is 0 Å². The van der Waals surface area contributed by atoms with Gasteiger partial charge in [-0.25, -0.2) is 0 Å². The zero-order valence-electron chi connectivity index (χ0n) is 8.81. The molecule has 1 aromatic rings. The van der Waals surface area contributed by atoms with Crippen molar-refractivity contribution in [2.24, 2.45) is 0 Å². The first-order valence-corrected chi connectivity index (χ1v) is 5.12. The summed E-state index contributed by atoms with van der Waals surface area (Å²) in [5, 5.41) is 8.88. The highest BCUT2D eigenvalue weighted by Gasteiger charge is 2.14. The molecule has 0 aliphatic heterocycles. The van der Waals surface area contributed by atoms with E-state index >= 15 is 0 Å². The summed E-state index contributed by atoms with van der Waals surface area (Å²) < 4.78 is 0. The highest BCUT2D eigenvalue weighted by atomic mass is 35.5. The minimum absolute atomic E-state index is 0.0767. The number of carbonyl (C=O) groups is 2. The summed E-state index contributed by atoms with van der Waals surface area (Å²) in [4.78, 5) is 23.5. The van der Waals surface area contributed by atoms with E-state index in [-0.39, 0.29) is 18.9 Å². The van der Waals surface area contributed by atoms with Crippen LogP contribution >= 0.6 is 11.6 Å². The number of carboxylic acids is 1. The van der Waals surface area contributed by atoms with Gasteiger partial charge < -0.3 is 10.0 Å². The lowest BCUT2D eigenvalue weighted by molar-refractivity contribution is -0.137. The second-order valence-corrected chi connectivity index (χ2v) is 3.76. The molecule has 0 atom stereocenters. The van der Waals surface area contributed by atoms with Gasteiger partial charge in [-0.2, -0.15) is 0 Å². The smallest absolute Gasteiger partial charge is 0.305 e. The SMILES string of the molecule is CN(CCC(=O)O)C(=O)c1ccccc1Cl. The van der Waals surface area contributed by atoms with Crippen molar-refractivity contribution in [3.8, 4) is 0 Å². The molecule has 1 amide bonds. The van der Waals surface area contributed by atoms with Gasteiger partial charge in [0.1, 0.15) is 0 Å². The molecule has 0 spiro atoms. The third-order valence-electron chi connectivity index (χ3n) is 2.11. The fourth-order valence-electron chi connectivity index (χ4n) is 1.21. The molecule has 0 aromatic heterocycles. The van der Waals surface area contributed by atoms with Crippen molar-refractivity contribution in [3.05, 3.63) is 34.9 Å². The Kier molecular flexibility index (Phi) is 4.31. The Morgan fingerprint density at radius 1 is 1.38 bits per heavy atom. The van der Waals surface area contributed by atoms with Crippen LogP contribution in [0.5, 0.6) is 0 Å². The van der Waals surface area contributed by atoms with E-state index in [1.807, 2.05) is 0 Å². The third kappa shape index (κ3) is 3.24. The Labute approximate surface area is 98.4 Å². The molecule has 0 unspecified atom stereocenters. The van der Waals surface area contributed by atoms with Crippen LogP contribution < -0.4 is 0 Å². The minimum atomic E-state index is -0.932. The van der Waals surface area contributed by atoms with E-state index in [2.05, 4.69) is 0 Å². The number of carbonyl (C=O) groups excluding carboxylic acids is 1. The van der Waals surface area contributed by atoms with Crippen molar-refractivity contribution in [1.29, 1.82) is 0 Å². The zero-order valence-corrected chi connectivity index (χ0v) is 9.57. The lowest BCUT2D eigenvalue weighted by Gasteiger charge is -2.16. The Bertz CT molecular complexity index is 406. The Hall–Kier alpha value is -1.55. The predicted octanol–water partition coefficient (Wildman–Crippen LogP) is 1.89. The molecule has 0 heterocycles. The highest BCUT2D eigenvalue weighted by Crippen LogP contribution is 2.16. The first kappa shape index (κ1) is 12.5. The molecular formula is C11H12ClNO3. The maximum Gasteiger partial charge on any atom is 0.305 e. The number of hydrogen-bond acceptors (Lipinski definition) is 2. The summed E-state index contributed by atoms with van der Waals surface area (Å²) in [5.41, 5.74) is 0.386. The lowest BCUT2D eigenvalue weighted by Crippen LogP contribution is -2.29. The van der Waals surface area contributed by atoms with E-state index < -0.39 is 5.97 Å². The Balaban J connectivity index is 2.71. The van der Waals surface area contributed by atoms with Gasteiger partial charge in [0.2, 0.25) is 0 Å². The van der Waals surface area contributed by atoms with Crippen LogP contribution in [0.3, 0.4) is 0 Å². The number of carboxylic acid groups (broad SMARTS) is 1. The highest BCUT2D eigenvalue weighted by molar-refractivity contribution is 6.33. The molecule has 1 rings (SSSR count). The van der Waals surface area contributed by atoms with Crippen molar-refractivity contribution < 1.29 is 14.7 Å². The van der Waals surface area contributed by atoms with E-state index in [9.17, 15) is 9.59 Å². The van der Waals surface area contributed by atoms with Crippen molar-refractivity contribution in [1.82, 2.24) is 4.90 Å². The molecule has 1 aromatic carbocycles. The number of benzene rings is 1.